The van der Waals surface area contributed by atoms with Crippen molar-refractivity contribution >= 4 is 65.3 Å². The summed E-state index contributed by atoms with van der Waals surface area (Å²) in [4.78, 5) is 10.6. The molecule has 0 aliphatic carbocycles. The number of nitrogens with zero attached hydrogens (tertiary/aromatic N) is 4. The molecule has 0 fully saturated rings. The molecule has 52 heavy (non-hydrogen) atoms. The predicted octanol–water partition coefficient (Wildman–Crippen LogP) is 12.3. The van der Waals surface area contributed by atoms with Gasteiger partial charge in [-0.3, -0.25) is 0 Å². The maximum Gasteiger partial charge on any atom is 0.161 e. The van der Waals surface area contributed by atoms with Crippen LogP contribution in [0.25, 0.3) is 99.3 Å². The minimum atomic E-state index is 0.714. The Morgan fingerprint density at radius 3 is 1.63 bits per heavy atom. The highest BCUT2D eigenvalue weighted by molar-refractivity contribution is 6.24. The van der Waals surface area contributed by atoms with E-state index >= 15 is 0 Å². The number of hydrogen-bond donors (Lipinski definition) is 0. The van der Waals surface area contributed by atoms with Gasteiger partial charge in [0.2, 0.25) is 0 Å². The van der Waals surface area contributed by atoms with Crippen LogP contribution in [0.15, 0.2) is 182 Å². The number of hydrogen-bond acceptors (Lipinski definition) is 2. The van der Waals surface area contributed by atoms with Crippen LogP contribution in [0.5, 0.6) is 0 Å². The van der Waals surface area contributed by atoms with Gasteiger partial charge >= 0.3 is 0 Å². The Morgan fingerprint density at radius 2 is 0.904 bits per heavy atom. The van der Waals surface area contributed by atoms with Gasteiger partial charge in [0, 0.05) is 49.4 Å². The monoisotopic (exact) mass is 662 g/mol. The Labute approximate surface area is 299 Å². The molecule has 11 aromatic rings. The summed E-state index contributed by atoms with van der Waals surface area (Å²) in [6, 6.07) is 64.8. The molecule has 0 saturated heterocycles. The highest BCUT2D eigenvalue weighted by Crippen LogP contribution is 2.43. The van der Waals surface area contributed by atoms with Crippen LogP contribution in [0.1, 0.15) is 0 Å². The first kappa shape index (κ1) is 28.8. The van der Waals surface area contributed by atoms with Crippen molar-refractivity contribution in [3.05, 3.63) is 182 Å². The van der Waals surface area contributed by atoms with Gasteiger partial charge in [-0.05, 0) is 65.4 Å². The molecule has 0 N–H and O–H groups in total. The topological polar surface area (TPSA) is 35.6 Å². The van der Waals surface area contributed by atoms with Gasteiger partial charge in [-0.25, -0.2) is 9.97 Å². The number of aromatic nitrogens is 4. The van der Waals surface area contributed by atoms with Gasteiger partial charge < -0.3 is 9.13 Å². The average molecular weight is 663 g/mol. The molecule has 242 valence electrons. The maximum absolute atomic E-state index is 5.34. The predicted molar refractivity (Wildman–Crippen MR) is 217 cm³/mol. The zero-order valence-electron chi connectivity index (χ0n) is 28.1. The first-order valence-corrected chi connectivity index (χ1v) is 17.7. The first-order valence-electron chi connectivity index (χ1n) is 17.7. The molecular formula is C48H30N4. The largest absolute Gasteiger partial charge is 0.309 e. The molecule has 0 unspecified atom stereocenters. The SMILES string of the molecule is c1ccc(-c2nc(-c3cc4c(c5ccccc35)c3cc(-n5c6ccccc6c6ccccc65)ccc3n4-c3ccccc3)nc3ccccc23)cc1. The highest BCUT2D eigenvalue weighted by Gasteiger charge is 2.21. The average Bonchev–Trinajstić information content (AvgIpc) is 3.73. The molecule has 8 aromatic carbocycles. The molecule has 4 heteroatoms. The third kappa shape index (κ3) is 4.21. The van der Waals surface area contributed by atoms with Crippen LogP contribution in [-0.4, -0.2) is 19.1 Å². The summed E-state index contributed by atoms with van der Waals surface area (Å²) >= 11 is 0. The Balaban J connectivity index is 1.26. The van der Waals surface area contributed by atoms with Crippen LogP contribution in [0.2, 0.25) is 0 Å². The van der Waals surface area contributed by atoms with Gasteiger partial charge in [0.05, 0.1) is 33.3 Å². The van der Waals surface area contributed by atoms with E-state index in [0.29, 0.717) is 5.82 Å². The molecule has 0 saturated carbocycles. The second-order valence-electron chi connectivity index (χ2n) is 13.4. The van der Waals surface area contributed by atoms with E-state index in [9.17, 15) is 0 Å². The summed E-state index contributed by atoms with van der Waals surface area (Å²) in [5.74, 6) is 0.714. The molecule has 3 heterocycles. The second kappa shape index (κ2) is 11.2. The quantitative estimate of drug-likeness (QED) is 0.188. The molecule has 3 aromatic heterocycles. The summed E-state index contributed by atoms with van der Waals surface area (Å²) in [6.07, 6.45) is 0. The summed E-state index contributed by atoms with van der Waals surface area (Å²) in [7, 11) is 0. The van der Waals surface area contributed by atoms with Gasteiger partial charge in [-0.2, -0.15) is 0 Å². The van der Waals surface area contributed by atoms with Crippen LogP contribution in [0, 0.1) is 0 Å². The van der Waals surface area contributed by atoms with Crippen molar-refractivity contribution in [1.82, 2.24) is 19.1 Å². The fourth-order valence-electron chi connectivity index (χ4n) is 8.26. The fourth-order valence-corrected chi connectivity index (χ4v) is 8.26. The molecule has 0 bridgehead atoms. The lowest BCUT2D eigenvalue weighted by Gasteiger charge is -2.13. The van der Waals surface area contributed by atoms with Gasteiger partial charge in [0.1, 0.15) is 0 Å². The summed E-state index contributed by atoms with van der Waals surface area (Å²) in [6.45, 7) is 0. The summed E-state index contributed by atoms with van der Waals surface area (Å²) in [5.41, 5.74) is 10.9. The van der Waals surface area contributed by atoms with Crippen molar-refractivity contribution in [1.29, 1.82) is 0 Å². The van der Waals surface area contributed by atoms with E-state index in [1.165, 1.54) is 38.0 Å². The van der Waals surface area contributed by atoms with Crippen LogP contribution < -0.4 is 0 Å². The number of fused-ring (bicyclic) bond motifs is 9. The molecule has 4 nitrogen and oxygen atoms in total. The van der Waals surface area contributed by atoms with E-state index in [1.807, 2.05) is 6.07 Å². The highest BCUT2D eigenvalue weighted by atomic mass is 15.0. The lowest BCUT2D eigenvalue weighted by atomic mass is 9.98. The van der Waals surface area contributed by atoms with E-state index in [2.05, 4.69) is 185 Å². The smallest absolute Gasteiger partial charge is 0.161 e. The van der Waals surface area contributed by atoms with E-state index in [0.717, 1.165) is 55.5 Å². The van der Waals surface area contributed by atoms with Crippen LogP contribution in [0.3, 0.4) is 0 Å². The van der Waals surface area contributed by atoms with E-state index in [4.69, 9.17) is 9.97 Å². The van der Waals surface area contributed by atoms with Crippen molar-refractivity contribution in [2.45, 2.75) is 0 Å². The van der Waals surface area contributed by atoms with Crippen molar-refractivity contribution < 1.29 is 0 Å². The molecule has 0 spiro atoms. The lowest BCUT2D eigenvalue weighted by Crippen LogP contribution is -1.97. The minimum absolute atomic E-state index is 0.714. The minimum Gasteiger partial charge on any atom is -0.309 e. The molecular weight excluding hydrogens is 633 g/mol. The van der Waals surface area contributed by atoms with Gasteiger partial charge in [0.15, 0.2) is 5.82 Å². The lowest BCUT2D eigenvalue weighted by molar-refractivity contribution is 1.16. The third-order valence-corrected chi connectivity index (χ3v) is 10.5. The molecule has 0 aliphatic heterocycles. The van der Waals surface area contributed by atoms with Gasteiger partial charge in [0.25, 0.3) is 0 Å². The van der Waals surface area contributed by atoms with Crippen LogP contribution in [0.4, 0.5) is 0 Å². The summed E-state index contributed by atoms with van der Waals surface area (Å²) in [5, 5.41) is 8.26. The molecule has 0 atom stereocenters. The van der Waals surface area contributed by atoms with Crippen molar-refractivity contribution in [3.63, 3.8) is 0 Å². The molecule has 0 amide bonds. The van der Waals surface area contributed by atoms with Gasteiger partial charge in [-0.15, -0.1) is 0 Å². The Kier molecular flexibility index (Phi) is 6.22. The van der Waals surface area contributed by atoms with Crippen molar-refractivity contribution in [2.75, 3.05) is 0 Å². The number of rotatable bonds is 4. The van der Waals surface area contributed by atoms with Crippen LogP contribution in [-0.2, 0) is 0 Å². The standard InChI is InChI=1S/C48H30N4/c1-3-15-31(16-4-1)47-38-23-9-12-24-41(38)49-48(50-47)39-30-45-46(37-22-8-7-19-34(37)39)40-29-33(27-28-44(40)51(45)32-17-5-2-6-18-32)52-42-25-13-10-20-35(42)36-21-11-14-26-43(36)52/h1-30H. The zero-order chi connectivity index (χ0) is 34.2. The molecule has 0 aliphatic rings. The maximum atomic E-state index is 5.34. The van der Waals surface area contributed by atoms with Crippen molar-refractivity contribution in [3.8, 4) is 34.0 Å². The first-order chi connectivity index (χ1) is 25.8. The molecule has 11 rings (SSSR count). The zero-order valence-corrected chi connectivity index (χ0v) is 28.1. The number of para-hydroxylation sites is 4. The normalized spacial score (nSPS) is 11.8. The Bertz CT molecular complexity index is 3120. The Hall–Kier alpha value is -7.04. The molecule has 0 radical (unpaired) electrons. The van der Waals surface area contributed by atoms with E-state index in [1.54, 1.807) is 0 Å². The third-order valence-electron chi connectivity index (χ3n) is 10.5. The second-order valence-corrected chi connectivity index (χ2v) is 13.4. The Morgan fingerprint density at radius 1 is 0.346 bits per heavy atom. The fraction of sp³-hybridized carbons (Fsp3) is 0. The van der Waals surface area contributed by atoms with Crippen molar-refractivity contribution in [2.24, 2.45) is 0 Å². The van der Waals surface area contributed by atoms with E-state index < -0.39 is 0 Å². The van der Waals surface area contributed by atoms with Gasteiger partial charge in [-0.1, -0.05) is 127 Å². The van der Waals surface area contributed by atoms with E-state index in [-0.39, 0.29) is 0 Å². The number of benzene rings is 8. The summed E-state index contributed by atoms with van der Waals surface area (Å²) < 4.78 is 4.80. The van der Waals surface area contributed by atoms with Crippen LogP contribution >= 0.6 is 0 Å².